The van der Waals surface area contributed by atoms with Gasteiger partial charge in [0.05, 0.1) is 0 Å². The molecule has 1 fully saturated rings. The molecule has 2 heterocycles. The van der Waals surface area contributed by atoms with Gasteiger partial charge < -0.3 is 14.6 Å². The zero-order chi connectivity index (χ0) is 22.1. The highest BCUT2D eigenvalue weighted by atomic mass is 19.1. The predicted octanol–water partition coefficient (Wildman–Crippen LogP) is 5.41. The molecular weight excluding hydrogens is 407 g/mol. The Balaban J connectivity index is 1.31. The van der Waals surface area contributed by atoms with Crippen molar-refractivity contribution in [2.24, 2.45) is 5.92 Å². The van der Waals surface area contributed by atoms with Gasteiger partial charge in [-0.05, 0) is 55.3 Å². The molecular formula is C26H25FN2O3. The highest BCUT2D eigenvalue weighted by Gasteiger charge is 2.26. The van der Waals surface area contributed by atoms with E-state index < -0.39 is 0 Å². The lowest BCUT2D eigenvalue weighted by molar-refractivity contribution is -0.119. The smallest absolute Gasteiger partial charge is 0.254 e. The van der Waals surface area contributed by atoms with E-state index >= 15 is 0 Å². The van der Waals surface area contributed by atoms with Crippen molar-refractivity contribution in [3.8, 4) is 11.3 Å². The second-order valence-corrected chi connectivity index (χ2v) is 8.59. The van der Waals surface area contributed by atoms with Crippen LogP contribution in [0.4, 0.5) is 10.1 Å². The average molecular weight is 432 g/mol. The SMILES string of the molecule is O=C(Nc1cccc(-c2cc3c(o2)CCN(C(=O)c2ccc(F)cc2)C3)c1)C1CCCC1. The summed E-state index contributed by atoms with van der Waals surface area (Å²) in [4.78, 5) is 27.0. The van der Waals surface area contributed by atoms with E-state index in [4.69, 9.17) is 4.42 Å². The molecule has 1 aromatic heterocycles. The molecule has 3 aromatic rings. The molecule has 1 aliphatic heterocycles. The lowest BCUT2D eigenvalue weighted by Gasteiger charge is -2.26. The number of amides is 2. The normalized spacial score (nSPS) is 16.1. The van der Waals surface area contributed by atoms with Crippen LogP contribution in [0.25, 0.3) is 11.3 Å². The Morgan fingerprint density at radius 1 is 1.03 bits per heavy atom. The highest BCUT2D eigenvalue weighted by Crippen LogP contribution is 2.32. The third kappa shape index (κ3) is 4.17. The number of rotatable bonds is 4. The molecule has 1 N–H and O–H groups in total. The first-order valence-electron chi connectivity index (χ1n) is 11.1. The summed E-state index contributed by atoms with van der Waals surface area (Å²) in [5.41, 5.74) is 3.10. The van der Waals surface area contributed by atoms with Gasteiger partial charge in [0.1, 0.15) is 17.3 Å². The van der Waals surface area contributed by atoms with Crippen LogP contribution in [0.5, 0.6) is 0 Å². The Morgan fingerprint density at radius 3 is 2.59 bits per heavy atom. The van der Waals surface area contributed by atoms with E-state index in [0.29, 0.717) is 25.1 Å². The van der Waals surface area contributed by atoms with Crippen molar-refractivity contribution in [3.63, 3.8) is 0 Å². The second-order valence-electron chi connectivity index (χ2n) is 8.59. The summed E-state index contributed by atoms with van der Waals surface area (Å²) in [5.74, 6) is 1.33. The summed E-state index contributed by atoms with van der Waals surface area (Å²) in [6.07, 6.45) is 4.79. The largest absolute Gasteiger partial charge is 0.461 e. The van der Waals surface area contributed by atoms with Gasteiger partial charge in [0, 0.05) is 47.8 Å². The van der Waals surface area contributed by atoms with Crippen LogP contribution in [-0.2, 0) is 17.8 Å². The Hall–Kier alpha value is -3.41. The topological polar surface area (TPSA) is 62.6 Å². The van der Waals surface area contributed by atoms with Crippen molar-refractivity contribution >= 4 is 17.5 Å². The van der Waals surface area contributed by atoms with E-state index in [1.165, 1.54) is 24.3 Å². The highest BCUT2D eigenvalue weighted by molar-refractivity contribution is 5.94. The van der Waals surface area contributed by atoms with Crippen LogP contribution in [-0.4, -0.2) is 23.3 Å². The molecule has 0 radical (unpaired) electrons. The monoisotopic (exact) mass is 432 g/mol. The Labute approximate surface area is 186 Å². The number of furan rings is 1. The summed E-state index contributed by atoms with van der Waals surface area (Å²) in [5, 5.41) is 3.04. The first kappa shape index (κ1) is 20.5. The number of fused-ring (bicyclic) bond motifs is 1. The fourth-order valence-electron chi connectivity index (χ4n) is 4.61. The molecule has 2 amide bonds. The van der Waals surface area contributed by atoms with Gasteiger partial charge >= 0.3 is 0 Å². The fraction of sp³-hybridized carbons (Fsp3) is 0.308. The molecule has 0 unspecified atom stereocenters. The summed E-state index contributed by atoms with van der Waals surface area (Å²) in [6.45, 7) is 1.00. The Bertz CT molecular complexity index is 1150. The van der Waals surface area contributed by atoms with Crippen LogP contribution in [0.2, 0.25) is 0 Å². The van der Waals surface area contributed by atoms with Crippen molar-refractivity contribution in [1.29, 1.82) is 0 Å². The van der Waals surface area contributed by atoms with Gasteiger partial charge in [-0.15, -0.1) is 0 Å². The van der Waals surface area contributed by atoms with Crippen molar-refractivity contribution < 1.29 is 18.4 Å². The second kappa shape index (κ2) is 8.61. The summed E-state index contributed by atoms with van der Waals surface area (Å²) in [6, 6.07) is 15.3. The van der Waals surface area contributed by atoms with Gasteiger partial charge in [0.2, 0.25) is 5.91 Å². The van der Waals surface area contributed by atoms with Crippen molar-refractivity contribution in [2.75, 3.05) is 11.9 Å². The zero-order valence-electron chi connectivity index (χ0n) is 17.8. The molecule has 6 heteroatoms. The van der Waals surface area contributed by atoms with Crippen molar-refractivity contribution in [1.82, 2.24) is 4.90 Å². The van der Waals surface area contributed by atoms with E-state index in [1.54, 1.807) is 4.90 Å². The Morgan fingerprint density at radius 2 is 1.81 bits per heavy atom. The molecule has 2 aromatic carbocycles. The van der Waals surface area contributed by atoms with Gasteiger partial charge in [0.25, 0.3) is 5.91 Å². The number of hydrogen-bond donors (Lipinski definition) is 1. The number of anilines is 1. The molecule has 2 aliphatic rings. The number of carbonyl (C=O) groups is 2. The minimum atomic E-state index is -0.358. The molecule has 1 aliphatic carbocycles. The van der Waals surface area contributed by atoms with E-state index in [-0.39, 0.29) is 23.5 Å². The van der Waals surface area contributed by atoms with Crippen LogP contribution in [0.1, 0.15) is 47.4 Å². The molecule has 5 nitrogen and oxygen atoms in total. The minimum Gasteiger partial charge on any atom is -0.461 e. The number of nitrogens with zero attached hydrogens (tertiary/aromatic N) is 1. The molecule has 32 heavy (non-hydrogen) atoms. The van der Waals surface area contributed by atoms with Crippen molar-refractivity contribution in [3.05, 3.63) is 77.3 Å². The summed E-state index contributed by atoms with van der Waals surface area (Å²) < 4.78 is 19.3. The first-order valence-corrected chi connectivity index (χ1v) is 11.1. The van der Waals surface area contributed by atoms with Gasteiger partial charge in [-0.2, -0.15) is 0 Å². The van der Waals surface area contributed by atoms with Crippen LogP contribution in [0.3, 0.4) is 0 Å². The number of carbonyl (C=O) groups excluding carboxylic acids is 2. The van der Waals surface area contributed by atoms with Crippen LogP contribution in [0.15, 0.2) is 59.0 Å². The number of nitrogens with one attached hydrogen (secondary N) is 1. The number of halogens is 1. The first-order chi connectivity index (χ1) is 15.6. The minimum absolute atomic E-state index is 0.0911. The van der Waals surface area contributed by atoms with E-state index in [0.717, 1.165) is 54.0 Å². The lowest BCUT2D eigenvalue weighted by Crippen LogP contribution is -2.35. The molecule has 0 spiro atoms. The standard InChI is InChI=1S/C26H25FN2O3/c27-21-10-8-18(9-11-21)26(31)29-13-12-23-20(16-29)15-24(32-23)19-6-3-7-22(14-19)28-25(30)17-4-1-2-5-17/h3,6-11,14-15,17H,1-2,4-5,12-13,16H2,(H,28,30). The van der Waals surface area contributed by atoms with E-state index in [2.05, 4.69) is 5.32 Å². The number of hydrogen-bond acceptors (Lipinski definition) is 3. The third-order valence-corrected chi connectivity index (χ3v) is 6.39. The maximum absolute atomic E-state index is 13.2. The van der Waals surface area contributed by atoms with E-state index in [9.17, 15) is 14.0 Å². The maximum Gasteiger partial charge on any atom is 0.254 e. The molecule has 0 atom stereocenters. The molecule has 164 valence electrons. The van der Waals surface area contributed by atoms with Gasteiger partial charge in [-0.3, -0.25) is 9.59 Å². The van der Waals surface area contributed by atoms with Gasteiger partial charge in [0.15, 0.2) is 0 Å². The molecule has 0 bridgehead atoms. The van der Waals surface area contributed by atoms with Gasteiger partial charge in [-0.1, -0.05) is 25.0 Å². The summed E-state index contributed by atoms with van der Waals surface area (Å²) >= 11 is 0. The average Bonchev–Trinajstić information content (AvgIpc) is 3.49. The summed E-state index contributed by atoms with van der Waals surface area (Å²) in [7, 11) is 0. The van der Waals surface area contributed by atoms with Gasteiger partial charge in [-0.25, -0.2) is 4.39 Å². The van der Waals surface area contributed by atoms with Crippen LogP contribution >= 0.6 is 0 Å². The molecule has 0 saturated heterocycles. The third-order valence-electron chi connectivity index (χ3n) is 6.39. The van der Waals surface area contributed by atoms with Crippen LogP contribution < -0.4 is 5.32 Å². The van der Waals surface area contributed by atoms with E-state index in [1.807, 2.05) is 30.3 Å². The molecule has 5 rings (SSSR count). The lowest BCUT2D eigenvalue weighted by atomic mass is 10.1. The zero-order valence-corrected chi connectivity index (χ0v) is 17.8. The van der Waals surface area contributed by atoms with Crippen LogP contribution in [0, 0.1) is 11.7 Å². The maximum atomic E-state index is 13.2. The quantitative estimate of drug-likeness (QED) is 0.599. The fourth-order valence-corrected chi connectivity index (χ4v) is 4.61. The predicted molar refractivity (Wildman–Crippen MR) is 120 cm³/mol. The Kier molecular flexibility index (Phi) is 5.52. The number of benzene rings is 2. The van der Waals surface area contributed by atoms with Crippen molar-refractivity contribution in [2.45, 2.75) is 38.6 Å². The molecule has 1 saturated carbocycles.